The van der Waals surface area contributed by atoms with Gasteiger partial charge in [-0.1, -0.05) is 12.1 Å². The molecular weight excluding hydrogens is 380 g/mol. The van der Waals surface area contributed by atoms with Crippen molar-refractivity contribution in [2.45, 2.75) is 11.8 Å². The van der Waals surface area contributed by atoms with Crippen molar-refractivity contribution >= 4 is 21.6 Å². The summed E-state index contributed by atoms with van der Waals surface area (Å²) in [5.41, 5.74) is 0.632. The Morgan fingerprint density at radius 2 is 1.89 bits per heavy atom. The number of rotatable bonds is 7. The minimum atomic E-state index is -3.55. The molecule has 0 radical (unpaired) electrons. The molecule has 1 fully saturated rings. The van der Waals surface area contributed by atoms with Crippen molar-refractivity contribution in [1.29, 1.82) is 0 Å². The van der Waals surface area contributed by atoms with E-state index in [1.807, 2.05) is 24.0 Å². The number of aromatic nitrogens is 1. The van der Waals surface area contributed by atoms with Gasteiger partial charge in [-0.15, -0.1) is 0 Å². The van der Waals surface area contributed by atoms with Gasteiger partial charge in [0, 0.05) is 38.6 Å². The summed E-state index contributed by atoms with van der Waals surface area (Å²) in [5.74, 6) is 0.474. The smallest absolute Gasteiger partial charge is 0.244 e. The number of amides is 1. The molecule has 0 spiro atoms. The number of para-hydroxylation sites is 2. The lowest BCUT2D eigenvalue weighted by atomic mass is 10.3. The third-order valence-electron chi connectivity index (χ3n) is 4.43. The normalized spacial score (nSPS) is 15.9. The topological polar surface area (TPSA) is 91.8 Å². The monoisotopic (exact) mass is 404 g/mol. The number of hydrogen-bond acceptors (Lipinski definition) is 6. The van der Waals surface area contributed by atoms with E-state index in [-0.39, 0.29) is 17.3 Å². The van der Waals surface area contributed by atoms with Crippen LogP contribution in [0.3, 0.4) is 0 Å². The maximum Gasteiger partial charge on any atom is 0.244 e. The maximum absolute atomic E-state index is 12.6. The Morgan fingerprint density at radius 3 is 2.57 bits per heavy atom. The van der Waals surface area contributed by atoms with E-state index >= 15 is 0 Å². The lowest BCUT2D eigenvalue weighted by molar-refractivity contribution is -0.117. The fourth-order valence-electron chi connectivity index (χ4n) is 3.02. The highest BCUT2D eigenvalue weighted by atomic mass is 32.2. The molecule has 9 heteroatoms. The highest BCUT2D eigenvalue weighted by Gasteiger charge is 2.29. The van der Waals surface area contributed by atoms with Crippen LogP contribution in [0.4, 0.5) is 5.69 Å². The molecule has 2 aromatic rings. The standard InChI is InChI=1S/C19H24N4O4S/c1-2-27-18-8-4-3-7-17(18)21-19(24)15-22-10-12-23(13-11-22)28(25,26)16-6-5-9-20-14-16/h3-9,14H,2,10-13,15H2,1H3,(H,21,24). The molecule has 1 aromatic heterocycles. The van der Waals surface area contributed by atoms with E-state index in [1.54, 1.807) is 24.4 Å². The van der Waals surface area contributed by atoms with Crippen LogP contribution in [0.1, 0.15) is 6.92 Å². The third kappa shape index (κ3) is 4.86. The van der Waals surface area contributed by atoms with Crippen LogP contribution in [-0.2, 0) is 14.8 Å². The van der Waals surface area contributed by atoms with Crippen LogP contribution >= 0.6 is 0 Å². The van der Waals surface area contributed by atoms with Crippen molar-refractivity contribution in [3.8, 4) is 5.75 Å². The van der Waals surface area contributed by atoms with E-state index in [9.17, 15) is 13.2 Å². The van der Waals surface area contributed by atoms with Crippen molar-refractivity contribution in [3.63, 3.8) is 0 Å². The van der Waals surface area contributed by atoms with E-state index in [2.05, 4.69) is 10.3 Å². The molecule has 1 aliphatic heterocycles. The van der Waals surface area contributed by atoms with Crippen molar-refractivity contribution in [2.75, 3.05) is 44.6 Å². The quantitative estimate of drug-likeness (QED) is 0.751. The molecular formula is C19H24N4O4S. The Morgan fingerprint density at radius 1 is 1.14 bits per heavy atom. The van der Waals surface area contributed by atoms with Crippen molar-refractivity contribution in [1.82, 2.24) is 14.2 Å². The van der Waals surface area contributed by atoms with Gasteiger partial charge in [0.1, 0.15) is 10.6 Å². The predicted molar refractivity (Wildman–Crippen MR) is 106 cm³/mol. The average Bonchev–Trinajstić information content (AvgIpc) is 2.71. The summed E-state index contributed by atoms with van der Waals surface area (Å²) < 4.78 is 32.2. The highest BCUT2D eigenvalue weighted by Crippen LogP contribution is 2.23. The zero-order chi connectivity index (χ0) is 20.0. The summed E-state index contributed by atoms with van der Waals surface area (Å²) in [6.45, 7) is 4.24. The zero-order valence-corrected chi connectivity index (χ0v) is 16.6. The molecule has 1 aromatic carbocycles. The molecule has 0 atom stereocenters. The highest BCUT2D eigenvalue weighted by molar-refractivity contribution is 7.89. The summed E-state index contributed by atoms with van der Waals surface area (Å²) in [5, 5.41) is 2.86. The van der Waals surface area contributed by atoms with Gasteiger partial charge in [0.05, 0.1) is 18.8 Å². The number of nitrogens with zero attached hydrogens (tertiary/aromatic N) is 3. The van der Waals surface area contributed by atoms with Crippen LogP contribution in [0.15, 0.2) is 53.7 Å². The van der Waals surface area contributed by atoms with Gasteiger partial charge in [0.25, 0.3) is 0 Å². The second-order valence-electron chi connectivity index (χ2n) is 6.35. The molecule has 2 heterocycles. The number of piperazine rings is 1. The summed E-state index contributed by atoms with van der Waals surface area (Å²) in [6, 6.07) is 10.4. The Kier molecular flexibility index (Phi) is 6.61. The number of hydrogen-bond donors (Lipinski definition) is 1. The van der Waals surface area contributed by atoms with Crippen LogP contribution in [0.25, 0.3) is 0 Å². The number of benzene rings is 1. The molecule has 3 rings (SSSR count). The zero-order valence-electron chi connectivity index (χ0n) is 15.7. The summed E-state index contributed by atoms with van der Waals surface area (Å²) in [7, 11) is -3.55. The number of anilines is 1. The lowest BCUT2D eigenvalue weighted by Gasteiger charge is -2.33. The third-order valence-corrected chi connectivity index (χ3v) is 6.31. The van der Waals surface area contributed by atoms with Gasteiger partial charge in [-0.05, 0) is 31.2 Å². The van der Waals surface area contributed by atoms with Crippen LogP contribution in [0.2, 0.25) is 0 Å². The van der Waals surface area contributed by atoms with Gasteiger partial charge in [0.15, 0.2) is 0 Å². The molecule has 1 N–H and O–H groups in total. The minimum absolute atomic E-state index is 0.157. The Labute approximate surface area is 165 Å². The van der Waals surface area contributed by atoms with Crippen LogP contribution < -0.4 is 10.1 Å². The maximum atomic E-state index is 12.6. The molecule has 0 unspecified atom stereocenters. The number of ether oxygens (including phenoxy) is 1. The predicted octanol–water partition coefficient (Wildman–Crippen LogP) is 1.43. The van der Waals surface area contributed by atoms with Crippen LogP contribution in [0, 0.1) is 0 Å². The second-order valence-corrected chi connectivity index (χ2v) is 8.28. The van der Waals surface area contributed by atoms with E-state index < -0.39 is 10.0 Å². The molecule has 1 aliphatic rings. The first-order valence-electron chi connectivity index (χ1n) is 9.15. The first-order valence-corrected chi connectivity index (χ1v) is 10.6. The van der Waals surface area contributed by atoms with E-state index in [0.29, 0.717) is 44.2 Å². The molecule has 28 heavy (non-hydrogen) atoms. The molecule has 0 saturated carbocycles. The van der Waals surface area contributed by atoms with Gasteiger partial charge in [-0.2, -0.15) is 4.31 Å². The van der Waals surface area contributed by atoms with Crippen LogP contribution in [0.5, 0.6) is 5.75 Å². The van der Waals surface area contributed by atoms with Gasteiger partial charge in [-0.25, -0.2) is 8.42 Å². The number of pyridine rings is 1. The van der Waals surface area contributed by atoms with Gasteiger partial charge in [-0.3, -0.25) is 14.7 Å². The van der Waals surface area contributed by atoms with E-state index in [0.717, 1.165) is 0 Å². The van der Waals surface area contributed by atoms with Crippen molar-refractivity contribution in [3.05, 3.63) is 48.8 Å². The molecule has 0 bridgehead atoms. The van der Waals surface area contributed by atoms with Gasteiger partial charge < -0.3 is 10.1 Å². The summed E-state index contributed by atoms with van der Waals surface area (Å²) in [4.78, 5) is 18.4. The Balaban J connectivity index is 1.54. The summed E-state index contributed by atoms with van der Waals surface area (Å²) >= 11 is 0. The number of carbonyl (C=O) groups is 1. The molecule has 0 aliphatic carbocycles. The van der Waals surface area contributed by atoms with Crippen molar-refractivity contribution < 1.29 is 17.9 Å². The fraction of sp³-hybridized carbons (Fsp3) is 0.368. The van der Waals surface area contributed by atoms with Gasteiger partial charge >= 0.3 is 0 Å². The number of carbonyl (C=O) groups excluding carboxylic acids is 1. The molecule has 1 amide bonds. The van der Waals surface area contributed by atoms with E-state index in [1.165, 1.54) is 16.6 Å². The minimum Gasteiger partial charge on any atom is -0.492 e. The Hall–Kier alpha value is -2.49. The molecule has 150 valence electrons. The van der Waals surface area contributed by atoms with E-state index in [4.69, 9.17) is 4.74 Å². The molecule has 8 nitrogen and oxygen atoms in total. The molecule has 1 saturated heterocycles. The number of nitrogens with one attached hydrogen (secondary N) is 1. The lowest BCUT2D eigenvalue weighted by Crippen LogP contribution is -2.50. The first-order chi connectivity index (χ1) is 13.5. The van der Waals surface area contributed by atoms with Crippen LogP contribution in [-0.4, -0.2) is 67.8 Å². The Bertz CT molecular complexity index is 897. The van der Waals surface area contributed by atoms with Crippen molar-refractivity contribution in [2.24, 2.45) is 0 Å². The largest absolute Gasteiger partial charge is 0.492 e. The first kappa shape index (κ1) is 20.2. The van der Waals surface area contributed by atoms with Gasteiger partial charge in [0.2, 0.25) is 15.9 Å². The fourth-order valence-corrected chi connectivity index (χ4v) is 4.41. The average molecular weight is 404 g/mol. The SMILES string of the molecule is CCOc1ccccc1NC(=O)CN1CCN(S(=O)(=O)c2cccnc2)CC1. The second kappa shape index (κ2) is 9.13. The summed E-state index contributed by atoms with van der Waals surface area (Å²) in [6.07, 6.45) is 2.89. The number of sulfonamides is 1.